The van der Waals surface area contributed by atoms with Gasteiger partial charge in [0.15, 0.2) is 6.29 Å². The fourth-order valence-corrected chi connectivity index (χ4v) is 2.39. The van der Waals surface area contributed by atoms with Gasteiger partial charge in [0.2, 0.25) is 0 Å². The molecule has 0 amide bonds. The fraction of sp³-hybridized carbons (Fsp3) is 0.462. The predicted octanol–water partition coefficient (Wildman–Crippen LogP) is 2.25. The number of ether oxygens (including phenoxy) is 1. The van der Waals surface area contributed by atoms with Crippen LogP contribution in [0.3, 0.4) is 0 Å². The van der Waals surface area contributed by atoms with Crippen molar-refractivity contribution in [3.63, 3.8) is 0 Å². The van der Waals surface area contributed by atoms with E-state index in [9.17, 15) is 9.18 Å². The zero-order chi connectivity index (χ0) is 12.4. The third-order valence-corrected chi connectivity index (χ3v) is 3.33. The number of carbonyl (C=O) groups excluding carboxylic acids is 1. The van der Waals surface area contributed by atoms with Gasteiger partial charge in [0.1, 0.15) is 5.82 Å². The SMILES string of the molecule is CC1OCCC1N(C)c1c(F)cccc1C=O. The summed E-state index contributed by atoms with van der Waals surface area (Å²) in [5.74, 6) is -0.365. The number of para-hydroxylation sites is 1. The molecule has 0 aliphatic carbocycles. The van der Waals surface area contributed by atoms with E-state index in [4.69, 9.17) is 4.74 Å². The van der Waals surface area contributed by atoms with Crippen molar-refractivity contribution in [1.29, 1.82) is 0 Å². The van der Waals surface area contributed by atoms with Crippen molar-refractivity contribution >= 4 is 12.0 Å². The number of aldehydes is 1. The Hall–Kier alpha value is -1.42. The van der Waals surface area contributed by atoms with E-state index in [0.29, 0.717) is 24.1 Å². The van der Waals surface area contributed by atoms with E-state index in [1.54, 1.807) is 19.2 Å². The van der Waals surface area contributed by atoms with Gasteiger partial charge >= 0.3 is 0 Å². The number of rotatable bonds is 3. The maximum atomic E-state index is 13.8. The second kappa shape index (κ2) is 4.84. The average molecular weight is 237 g/mol. The molecule has 1 heterocycles. The van der Waals surface area contributed by atoms with Gasteiger partial charge in [-0.05, 0) is 25.5 Å². The van der Waals surface area contributed by atoms with Crippen LogP contribution in [0.5, 0.6) is 0 Å². The molecule has 17 heavy (non-hydrogen) atoms. The summed E-state index contributed by atoms with van der Waals surface area (Å²) in [4.78, 5) is 12.8. The molecule has 0 N–H and O–H groups in total. The Balaban J connectivity index is 2.35. The van der Waals surface area contributed by atoms with Gasteiger partial charge < -0.3 is 9.64 Å². The van der Waals surface area contributed by atoms with Gasteiger partial charge in [-0.15, -0.1) is 0 Å². The summed E-state index contributed by atoms with van der Waals surface area (Å²) in [6, 6.07) is 4.66. The molecule has 4 heteroatoms. The molecule has 1 aliphatic rings. The van der Waals surface area contributed by atoms with Gasteiger partial charge in [0.05, 0.1) is 17.8 Å². The minimum atomic E-state index is -0.365. The number of anilines is 1. The van der Waals surface area contributed by atoms with Crippen LogP contribution in [0.15, 0.2) is 18.2 Å². The molecule has 2 atom stereocenters. The van der Waals surface area contributed by atoms with Gasteiger partial charge in [0.25, 0.3) is 0 Å². The van der Waals surface area contributed by atoms with Crippen LogP contribution < -0.4 is 4.90 Å². The first kappa shape index (κ1) is 12.0. The van der Waals surface area contributed by atoms with E-state index in [2.05, 4.69) is 0 Å². The van der Waals surface area contributed by atoms with Crippen molar-refractivity contribution in [2.45, 2.75) is 25.5 Å². The van der Waals surface area contributed by atoms with Crippen LogP contribution in [-0.2, 0) is 4.74 Å². The molecule has 0 spiro atoms. The first-order valence-electron chi connectivity index (χ1n) is 5.73. The highest BCUT2D eigenvalue weighted by atomic mass is 19.1. The van der Waals surface area contributed by atoms with Gasteiger partial charge in [-0.2, -0.15) is 0 Å². The van der Waals surface area contributed by atoms with Crippen LogP contribution in [0.2, 0.25) is 0 Å². The molecular weight excluding hydrogens is 221 g/mol. The molecule has 1 aromatic rings. The lowest BCUT2D eigenvalue weighted by Crippen LogP contribution is -2.37. The maximum Gasteiger partial charge on any atom is 0.152 e. The molecule has 1 fully saturated rings. The summed E-state index contributed by atoms with van der Waals surface area (Å²) < 4.78 is 19.3. The van der Waals surface area contributed by atoms with Crippen molar-refractivity contribution in [3.05, 3.63) is 29.6 Å². The summed E-state index contributed by atoms with van der Waals surface area (Å²) in [5.41, 5.74) is 0.747. The molecule has 0 saturated carbocycles. The molecule has 0 bridgehead atoms. The van der Waals surface area contributed by atoms with Gasteiger partial charge in [0, 0.05) is 19.2 Å². The van der Waals surface area contributed by atoms with Crippen LogP contribution in [-0.4, -0.2) is 32.1 Å². The van der Waals surface area contributed by atoms with E-state index in [1.165, 1.54) is 6.07 Å². The minimum Gasteiger partial charge on any atom is -0.376 e. The summed E-state index contributed by atoms with van der Waals surface area (Å²) in [7, 11) is 1.81. The van der Waals surface area contributed by atoms with E-state index in [1.807, 2.05) is 11.8 Å². The summed E-state index contributed by atoms with van der Waals surface area (Å²) in [6.45, 7) is 2.65. The molecule has 3 nitrogen and oxygen atoms in total. The predicted molar refractivity (Wildman–Crippen MR) is 64.0 cm³/mol. The molecule has 0 aromatic heterocycles. The van der Waals surface area contributed by atoms with E-state index in [-0.39, 0.29) is 18.0 Å². The van der Waals surface area contributed by atoms with Crippen molar-refractivity contribution in [2.24, 2.45) is 0 Å². The quantitative estimate of drug-likeness (QED) is 0.755. The Labute approximate surface area is 100 Å². The molecule has 1 aromatic carbocycles. The maximum absolute atomic E-state index is 13.8. The van der Waals surface area contributed by atoms with Crippen molar-refractivity contribution in [2.75, 3.05) is 18.6 Å². The number of hydrogen-bond acceptors (Lipinski definition) is 3. The lowest BCUT2D eigenvalue weighted by Gasteiger charge is -2.30. The van der Waals surface area contributed by atoms with Gasteiger partial charge in [-0.25, -0.2) is 4.39 Å². The lowest BCUT2D eigenvalue weighted by atomic mass is 10.1. The minimum absolute atomic E-state index is 0.0547. The first-order chi connectivity index (χ1) is 8.15. The number of benzene rings is 1. The Morgan fingerprint density at radius 2 is 2.29 bits per heavy atom. The molecular formula is C13H16FNO2. The van der Waals surface area contributed by atoms with Crippen LogP contribution in [0, 0.1) is 5.82 Å². The van der Waals surface area contributed by atoms with Gasteiger partial charge in [-0.1, -0.05) is 6.07 Å². The number of carbonyl (C=O) groups is 1. The van der Waals surface area contributed by atoms with Crippen molar-refractivity contribution in [1.82, 2.24) is 0 Å². The summed E-state index contributed by atoms with van der Waals surface area (Å²) in [5, 5.41) is 0. The number of hydrogen-bond donors (Lipinski definition) is 0. The second-order valence-corrected chi connectivity index (χ2v) is 4.34. The average Bonchev–Trinajstić information content (AvgIpc) is 2.74. The van der Waals surface area contributed by atoms with Crippen molar-refractivity contribution in [3.8, 4) is 0 Å². The van der Waals surface area contributed by atoms with Crippen LogP contribution in [0.1, 0.15) is 23.7 Å². The fourth-order valence-electron chi connectivity index (χ4n) is 2.39. The largest absolute Gasteiger partial charge is 0.376 e. The highest BCUT2D eigenvalue weighted by molar-refractivity contribution is 5.84. The van der Waals surface area contributed by atoms with Crippen molar-refractivity contribution < 1.29 is 13.9 Å². The summed E-state index contributed by atoms with van der Waals surface area (Å²) >= 11 is 0. The Morgan fingerprint density at radius 3 is 2.88 bits per heavy atom. The second-order valence-electron chi connectivity index (χ2n) is 4.34. The highest BCUT2D eigenvalue weighted by Gasteiger charge is 2.30. The molecule has 2 rings (SSSR count). The van der Waals surface area contributed by atoms with E-state index in [0.717, 1.165) is 6.42 Å². The number of halogens is 1. The number of nitrogens with zero attached hydrogens (tertiary/aromatic N) is 1. The molecule has 92 valence electrons. The standard InChI is InChI=1S/C13H16FNO2/c1-9-12(6-7-17-9)15(2)13-10(8-16)4-3-5-11(13)14/h3-5,8-9,12H,6-7H2,1-2H3. The van der Waals surface area contributed by atoms with Gasteiger partial charge in [-0.3, -0.25) is 4.79 Å². The third-order valence-electron chi connectivity index (χ3n) is 3.33. The van der Waals surface area contributed by atoms with Crippen LogP contribution >= 0.6 is 0 Å². The van der Waals surface area contributed by atoms with E-state index < -0.39 is 0 Å². The lowest BCUT2D eigenvalue weighted by molar-refractivity contribution is 0.112. The normalized spacial score (nSPS) is 23.7. The topological polar surface area (TPSA) is 29.5 Å². The smallest absolute Gasteiger partial charge is 0.152 e. The Kier molecular flexibility index (Phi) is 3.43. The zero-order valence-electron chi connectivity index (χ0n) is 10.0. The van der Waals surface area contributed by atoms with Crippen LogP contribution in [0.25, 0.3) is 0 Å². The first-order valence-corrected chi connectivity index (χ1v) is 5.73. The molecule has 1 aliphatic heterocycles. The molecule has 2 unspecified atom stereocenters. The molecule has 0 radical (unpaired) electrons. The number of likely N-dealkylation sites (N-methyl/N-ethyl adjacent to an activating group) is 1. The highest BCUT2D eigenvalue weighted by Crippen LogP contribution is 2.28. The van der Waals surface area contributed by atoms with Crippen LogP contribution in [0.4, 0.5) is 10.1 Å². The molecule has 1 saturated heterocycles. The van der Waals surface area contributed by atoms with E-state index >= 15 is 0 Å². The summed E-state index contributed by atoms with van der Waals surface area (Å²) in [6.07, 6.45) is 1.60. The third kappa shape index (κ3) is 2.17. The zero-order valence-corrected chi connectivity index (χ0v) is 10.0. The Morgan fingerprint density at radius 1 is 1.53 bits per heavy atom. The monoisotopic (exact) mass is 237 g/mol. The Bertz CT molecular complexity index is 422.